The van der Waals surface area contributed by atoms with Gasteiger partial charge in [0.1, 0.15) is 17.6 Å². The normalized spacial score (nSPS) is 10.2. The maximum Gasteiger partial charge on any atom is 0.339 e. The Kier molecular flexibility index (Phi) is 3.75. The molecule has 0 radical (unpaired) electrons. The second-order valence-electron chi connectivity index (χ2n) is 3.95. The van der Waals surface area contributed by atoms with Gasteiger partial charge in [0.2, 0.25) is 0 Å². The molecule has 5 heteroatoms. The van der Waals surface area contributed by atoms with Crippen LogP contribution in [0.5, 0.6) is 5.75 Å². The molecule has 0 fully saturated rings. The molecule has 5 nitrogen and oxygen atoms in total. The monoisotopic (exact) mass is 258 g/mol. The van der Waals surface area contributed by atoms with Crippen molar-refractivity contribution in [1.29, 1.82) is 0 Å². The van der Waals surface area contributed by atoms with E-state index in [9.17, 15) is 9.90 Å². The van der Waals surface area contributed by atoms with Crippen LogP contribution in [0.4, 0.5) is 0 Å². The van der Waals surface area contributed by atoms with Crippen molar-refractivity contribution < 1.29 is 14.6 Å². The lowest BCUT2D eigenvalue weighted by molar-refractivity contribution is 0.0696. The minimum atomic E-state index is -1.03. The Hall–Kier alpha value is -2.43. The Morgan fingerprint density at radius 2 is 1.95 bits per heavy atom. The van der Waals surface area contributed by atoms with E-state index >= 15 is 0 Å². The average Bonchev–Trinajstić information content (AvgIpc) is 2.39. The standard InChI is InChI=1S/C14H14N2O3/c1-3-19-11-6-4-10(5-7-11)13-12(14(17)18)9(2)15-8-16-13/h4-8H,3H2,1-2H3,(H,17,18). The summed E-state index contributed by atoms with van der Waals surface area (Å²) in [5, 5.41) is 9.24. The van der Waals surface area contributed by atoms with Gasteiger partial charge >= 0.3 is 5.97 Å². The summed E-state index contributed by atoms with van der Waals surface area (Å²) in [5.41, 5.74) is 1.73. The van der Waals surface area contributed by atoms with Crippen LogP contribution in [0, 0.1) is 6.92 Å². The third-order valence-electron chi connectivity index (χ3n) is 2.69. The van der Waals surface area contributed by atoms with Gasteiger partial charge in [0.05, 0.1) is 18.0 Å². The summed E-state index contributed by atoms with van der Waals surface area (Å²) < 4.78 is 5.35. The van der Waals surface area contributed by atoms with Gasteiger partial charge in [-0.3, -0.25) is 0 Å². The molecule has 98 valence electrons. The number of carboxylic acid groups (broad SMARTS) is 1. The summed E-state index contributed by atoms with van der Waals surface area (Å²) in [7, 11) is 0. The van der Waals surface area contributed by atoms with Crippen molar-refractivity contribution in [2.45, 2.75) is 13.8 Å². The van der Waals surface area contributed by atoms with E-state index in [1.165, 1.54) is 6.33 Å². The van der Waals surface area contributed by atoms with Crippen LogP contribution in [0.15, 0.2) is 30.6 Å². The van der Waals surface area contributed by atoms with Crippen LogP contribution in [0.3, 0.4) is 0 Å². The minimum Gasteiger partial charge on any atom is -0.494 e. The predicted molar refractivity (Wildman–Crippen MR) is 70.3 cm³/mol. The summed E-state index contributed by atoms with van der Waals surface area (Å²) in [5.74, 6) is -0.282. The summed E-state index contributed by atoms with van der Waals surface area (Å²) in [4.78, 5) is 19.3. The zero-order chi connectivity index (χ0) is 13.8. The Bertz CT molecular complexity index is 594. The number of nitrogens with zero attached hydrogens (tertiary/aromatic N) is 2. The lowest BCUT2D eigenvalue weighted by Crippen LogP contribution is -2.06. The molecule has 0 amide bonds. The summed E-state index contributed by atoms with van der Waals surface area (Å²) >= 11 is 0. The molecule has 0 unspecified atom stereocenters. The number of hydrogen-bond donors (Lipinski definition) is 1. The molecule has 2 rings (SSSR count). The van der Waals surface area contributed by atoms with E-state index < -0.39 is 5.97 Å². The van der Waals surface area contributed by atoms with Crippen LogP contribution in [0.2, 0.25) is 0 Å². The van der Waals surface area contributed by atoms with Gasteiger partial charge < -0.3 is 9.84 Å². The quantitative estimate of drug-likeness (QED) is 0.912. The Morgan fingerprint density at radius 3 is 2.53 bits per heavy atom. The molecule has 0 aliphatic heterocycles. The molecule has 0 saturated heterocycles. The summed E-state index contributed by atoms with van der Waals surface area (Å²) in [6.45, 7) is 4.15. The van der Waals surface area contributed by atoms with E-state index in [-0.39, 0.29) is 5.56 Å². The second kappa shape index (κ2) is 5.48. The van der Waals surface area contributed by atoms with E-state index in [2.05, 4.69) is 9.97 Å². The van der Waals surface area contributed by atoms with Gasteiger partial charge in [-0.25, -0.2) is 14.8 Å². The minimum absolute atomic E-state index is 0.131. The predicted octanol–water partition coefficient (Wildman–Crippen LogP) is 2.55. The Labute approximate surface area is 110 Å². The third-order valence-corrected chi connectivity index (χ3v) is 2.69. The van der Waals surface area contributed by atoms with Crippen molar-refractivity contribution in [3.8, 4) is 17.0 Å². The van der Waals surface area contributed by atoms with Crippen molar-refractivity contribution in [2.24, 2.45) is 0 Å². The molecular weight excluding hydrogens is 244 g/mol. The fourth-order valence-electron chi connectivity index (χ4n) is 1.82. The van der Waals surface area contributed by atoms with Crippen molar-refractivity contribution in [3.05, 3.63) is 41.9 Å². The molecule has 0 saturated carbocycles. The van der Waals surface area contributed by atoms with E-state index in [0.717, 1.165) is 11.3 Å². The van der Waals surface area contributed by atoms with Crippen LogP contribution >= 0.6 is 0 Å². The number of ether oxygens (including phenoxy) is 1. The summed E-state index contributed by atoms with van der Waals surface area (Å²) in [6, 6.07) is 7.17. The number of hydrogen-bond acceptors (Lipinski definition) is 4. The maximum absolute atomic E-state index is 11.3. The highest BCUT2D eigenvalue weighted by Gasteiger charge is 2.16. The summed E-state index contributed by atoms with van der Waals surface area (Å²) in [6.07, 6.45) is 1.37. The van der Waals surface area contributed by atoms with Gasteiger partial charge in [-0.1, -0.05) is 0 Å². The Morgan fingerprint density at radius 1 is 1.26 bits per heavy atom. The highest BCUT2D eigenvalue weighted by molar-refractivity contribution is 5.95. The molecular formula is C14H14N2O3. The number of aromatic carboxylic acids is 1. The first-order chi connectivity index (χ1) is 9.13. The Balaban J connectivity index is 2.47. The molecule has 0 bridgehead atoms. The van der Waals surface area contributed by atoms with E-state index in [4.69, 9.17) is 4.74 Å². The van der Waals surface area contributed by atoms with E-state index in [0.29, 0.717) is 18.0 Å². The fourth-order valence-corrected chi connectivity index (χ4v) is 1.82. The van der Waals surface area contributed by atoms with Crippen LogP contribution < -0.4 is 4.74 Å². The number of aryl methyl sites for hydroxylation is 1. The molecule has 1 heterocycles. The molecule has 0 aliphatic carbocycles. The highest BCUT2D eigenvalue weighted by Crippen LogP contribution is 2.24. The molecule has 0 aliphatic rings. The van der Waals surface area contributed by atoms with Gasteiger partial charge in [-0.2, -0.15) is 0 Å². The van der Waals surface area contributed by atoms with Crippen LogP contribution in [0.25, 0.3) is 11.3 Å². The smallest absolute Gasteiger partial charge is 0.339 e. The average molecular weight is 258 g/mol. The van der Waals surface area contributed by atoms with Gasteiger partial charge in [-0.05, 0) is 38.1 Å². The lowest BCUT2D eigenvalue weighted by Gasteiger charge is -2.08. The zero-order valence-corrected chi connectivity index (χ0v) is 10.8. The number of carboxylic acids is 1. The van der Waals surface area contributed by atoms with Crippen LogP contribution in [0.1, 0.15) is 23.0 Å². The SMILES string of the molecule is CCOc1ccc(-c2ncnc(C)c2C(=O)O)cc1. The molecule has 0 spiro atoms. The van der Waals surface area contributed by atoms with Gasteiger partial charge in [-0.15, -0.1) is 0 Å². The number of rotatable bonds is 4. The molecule has 1 N–H and O–H groups in total. The highest BCUT2D eigenvalue weighted by atomic mass is 16.5. The van der Waals surface area contributed by atoms with Gasteiger partial charge in [0.25, 0.3) is 0 Å². The van der Waals surface area contributed by atoms with Crippen molar-refractivity contribution in [3.63, 3.8) is 0 Å². The van der Waals surface area contributed by atoms with Crippen molar-refractivity contribution in [2.75, 3.05) is 6.61 Å². The van der Waals surface area contributed by atoms with E-state index in [1.54, 1.807) is 31.2 Å². The van der Waals surface area contributed by atoms with Gasteiger partial charge in [0, 0.05) is 5.56 Å². The molecule has 2 aromatic rings. The van der Waals surface area contributed by atoms with Crippen LogP contribution in [-0.4, -0.2) is 27.7 Å². The molecule has 1 aromatic carbocycles. The van der Waals surface area contributed by atoms with Crippen LogP contribution in [-0.2, 0) is 0 Å². The fraction of sp³-hybridized carbons (Fsp3) is 0.214. The first-order valence-corrected chi connectivity index (χ1v) is 5.91. The number of benzene rings is 1. The lowest BCUT2D eigenvalue weighted by atomic mass is 10.0. The van der Waals surface area contributed by atoms with Crippen molar-refractivity contribution >= 4 is 5.97 Å². The largest absolute Gasteiger partial charge is 0.494 e. The van der Waals surface area contributed by atoms with E-state index in [1.807, 2.05) is 6.92 Å². The molecule has 19 heavy (non-hydrogen) atoms. The number of aromatic nitrogens is 2. The third kappa shape index (κ3) is 2.70. The second-order valence-corrected chi connectivity index (χ2v) is 3.95. The van der Waals surface area contributed by atoms with Crippen molar-refractivity contribution in [1.82, 2.24) is 9.97 Å². The zero-order valence-electron chi connectivity index (χ0n) is 10.8. The topological polar surface area (TPSA) is 72.3 Å². The number of carbonyl (C=O) groups is 1. The first-order valence-electron chi connectivity index (χ1n) is 5.91. The first kappa shape index (κ1) is 13.0. The molecule has 1 aromatic heterocycles. The van der Waals surface area contributed by atoms with Gasteiger partial charge in [0.15, 0.2) is 0 Å². The maximum atomic E-state index is 11.3. The molecule has 0 atom stereocenters.